The van der Waals surface area contributed by atoms with Crippen LogP contribution in [0.1, 0.15) is 23.0 Å². The highest BCUT2D eigenvalue weighted by Crippen LogP contribution is 2.07. The quantitative estimate of drug-likeness (QED) is 0.878. The number of nitrogen functional groups attached to an aromatic ring is 1. The van der Waals surface area contributed by atoms with Crippen molar-refractivity contribution in [3.05, 3.63) is 47.4 Å². The van der Waals surface area contributed by atoms with Gasteiger partial charge < -0.3 is 11.1 Å². The number of nitrogens with one attached hydrogen (secondary N) is 1. The van der Waals surface area contributed by atoms with E-state index in [-0.39, 0.29) is 17.4 Å². The topological polar surface area (TPSA) is 72.9 Å². The summed E-state index contributed by atoms with van der Waals surface area (Å²) in [5, 5.41) is 6.78. The van der Waals surface area contributed by atoms with E-state index in [1.165, 1.54) is 18.2 Å². The summed E-state index contributed by atoms with van der Waals surface area (Å²) in [4.78, 5) is 11.8. The molecule has 5 nitrogen and oxygen atoms in total. The van der Waals surface area contributed by atoms with Crippen LogP contribution < -0.4 is 11.1 Å². The van der Waals surface area contributed by atoms with Crippen molar-refractivity contribution in [1.82, 2.24) is 15.1 Å². The van der Waals surface area contributed by atoms with Gasteiger partial charge in [0.05, 0.1) is 0 Å². The Hall–Kier alpha value is -2.37. The average Bonchev–Trinajstić information content (AvgIpc) is 2.79. The molecule has 0 bridgehead atoms. The lowest BCUT2D eigenvalue weighted by Crippen LogP contribution is -2.23. The lowest BCUT2D eigenvalue weighted by molar-refractivity contribution is 0.0945. The van der Waals surface area contributed by atoms with Gasteiger partial charge in [-0.05, 0) is 24.6 Å². The van der Waals surface area contributed by atoms with Crippen molar-refractivity contribution in [3.63, 3.8) is 0 Å². The first-order valence-electron chi connectivity index (χ1n) is 5.96. The van der Waals surface area contributed by atoms with Crippen LogP contribution in [0.4, 0.5) is 10.2 Å². The van der Waals surface area contributed by atoms with Crippen LogP contribution in [-0.4, -0.2) is 15.7 Å². The first-order valence-corrected chi connectivity index (χ1v) is 5.96. The summed E-state index contributed by atoms with van der Waals surface area (Å²) in [6, 6.07) is 7.48. The number of halogens is 1. The number of hydrogen-bond acceptors (Lipinski definition) is 3. The molecule has 2 rings (SSSR count). The predicted molar refractivity (Wildman–Crippen MR) is 69.9 cm³/mol. The van der Waals surface area contributed by atoms with Crippen LogP contribution >= 0.6 is 0 Å². The summed E-state index contributed by atoms with van der Waals surface area (Å²) in [6.45, 7) is 2.82. The number of amides is 1. The van der Waals surface area contributed by atoms with Crippen molar-refractivity contribution >= 4 is 11.7 Å². The number of rotatable bonds is 4. The lowest BCUT2D eigenvalue weighted by atomic mass is 10.2. The van der Waals surface area contributed by atoms with Gasteiger partial charge in [0.2, 0.25) is 0 Å². The van der Waals surface area contributed by atoms with E-state index >= 15 is 0 Å². The minimum atomic E-state index is -0.303. The minimum Gasteiger partial charge on any atom is -0.384 e. The van der Waals surface area contributed by atoms with Gasteiger partial charge in [0.25, 0.3) is 5.91 Å². The van der Waals surface area contributed by atoms with E-state index in [1.807, 2.05) is 6.92 Å². The number of nitrogens with two attached hydrogens (primary N) is 1. The van der Waals surface area contributed by atoms with Gasteiger partial charge >= 0.3 is 0 Å². The molecule has 1 aromatic heterocycles. The van der Waals surface area contributed by atoms with Gasteiger partial charge in [-0.15, -0.1) is 0 Å². The van der Waals surface area contributed by atoms with E-state index in [2.05, 4.69) is 10.4 Å². The standard InChI is InChI=1S/C13H15FN4O/c1-2-18-12(15)7-11(17-18)13(19)16-8-9-3-5-10(14)6-4-9/h3-7H,2,8,15H2,1H3,(H,16,19). The molecule has 100 valence electrons. The molecule has 0 aliphatic carbocycles. The van der Waals surface area contributed by atoms with Crippen LogP contribution in [0.15, 0.2) is 30.3 Å². The predicted octanol–water partition coefficient (Wildman–Crippen LogP) is 1.55. The van der Waals surface area contributed by atoms with E-state index in [9.17, 15) is 9.18 Å². The fourth-order valence-corrected chi connectivity index (χ4v) is 1.67. The zero-order chi connectivity index (χ0) is 13.8. The van der Waals surface area contributed by atoms with Crippen molar-refractivity contribution in [3.8, 4) is 0 Å². The Morgan fingerprint density at radius 2 is 2.11 bits per heavy atom. The van der Waals surface area contributed by atoms with Crippen LogP contribution in [0, 0.1) is 5.82 Å². The van der Waals surface area contributed by atoms with E-state index in [0.29, 0.717) is 18.9 Å². The number of anilines is 1. The highest BCUT2D eigenvalue weighted by Gasteiger charge is 2.11. The van der Waals surface area contributed by atoms with Gasteiger partial charge in [-0.3, -0.25) is 4.79 Å². The summed E-state index contributed by atoms with van der Waals surface area (Å²) >= 11 is 0. The van der Waals surface area contributed by atoms with Gasteiger partial charge in [-0.1, -0.05) is 12.1 Å². The fourth-order valence-electron chi connectivity index (χ4n) is 1.67. The zero-order valence-electron chi connectivity index (χ0n) is 10.6. The van der Waals surface area contributed by atoms with Crippen LogP contribution in [0.25, 0.3) is 0 Å². The van der Waals surface area contributed by atoms with Crippen molar-refractivity contribution in [2.24, 2.45) is 0 Å². The Balaban J connectivity index is 1.99. The third-order valence-corrected chi connectivity index (χ3v) is 2.71. The molecule has 0 aliphatic heterocycles. The third-order valence-electron chi connectivity index (χ3n) is 2.71. The molecule has 1 aromatic carbocycles. The molecule has 0 unspecified atom stereocenters. The molecule has 1 amide bonds. The average molecular weight is 262 g/mol. The molecule has 0 fully saturated rings. The number of carbonyl (C=O) groups excluding carboxylic acids is 1. The lowest BCUT2D eigenvalue weighted by Gasteiger charge is -2.03. The number of nitrogens with zero attached hydrogens (tertiary/aromatic N) is 2. The first-order chi connectivity index (χ1) is 9.10. The van der Waals surface area contributed by atoms with Crippen LogP contribution in [0.3, 0.4) is 0 Å². The van der Waals surface area contributed by atoms with Crippen molar-refractivity contribution < 1.29 is 9.18 Å². The number of hydrogen-bond donors (Lipinski definition) is 2. The van der Waals surface area contributed by atoms with Gasteiger partial charge in [0.15, 0.2) is 5.69 Å². The number of carbonyl (C=O) groups is 1. The number of aryl methyl sites for hydroxylation is 1. The molecule has 6 heteroatoms. The molecular formula is C13H15FN4O. The minimum absolute atomic E-state index is 0.279. The Morgan fingerprint density at radius 3 is 2.68 bits per heavy atom. The Bertz CT molecular complexity index is 577. The van der Waals surface area contributed by atoms with Crippen molar-refractivity contribution in [2.75, 3.05) is 5.73 Å². The second kappa shape index (κ2) is 5.51. The van der Waals surface area contributed by atoms with Gasteiger partial charge in [0.1, 0.15) is 11.6 Å². The second-order valence-corrected chi connectivity index (χ2v) is 4.08. The third kappa shape index (κ3) is 3.09. The highest BCUT2D eigenvalue weighted by atomic mass is 19.1. The normalized spacial score (nSPS) is 10.4. The molecule has 3 N–H and O–H groups in total. The Kier molecular flexibility index (Phi) is 3.79. The van der Waals surface area contributed by atoms with Crippen LogP contribution in [0.5, 0.6) is 0 Å². The van der Waals surface area contributed by atoms with E-state index in [1.54, 1.807) is 16.8 Å². The maximum Gasteiger partial charge on any atom is 0.272 e. The molecule has 19 heavy (non-hydrogen) atoms. The van der Waals surface area contributed by atoms with Crippen molar-refractivity contribution in [1.29, 1.82) is 0 Å². The summed E-state index contributed by atoms with van der Waals surface area (Å²) in [5.41, 5.74) is 6.79. The van der Waals surface area contributed by atoms with Crippen LogP contribution in [-0.2, 0) is 13.1 Å². The molecular weight excluding hydrogens is 247 g/mol. The maximum absolute atomic E-state index is 12.7. The molecule has 0 atom stereocenters. The summed E-state index contributed by atoms with van der Waals surface area (Å²) in [5.74, 6) is -0.151. The Morgan fingerprint density at radius 1 is 1.42 bits per heavy atom. The first kappa shape index (κ1) is 13.1. The van der Waals surface area contributed by atoms with E-state index in [0.717, 1.165) is 5.56 Å². The molecule has 0 saturated heterocycles. The fraction of sp³-hybridized carbons (Fsp3) is 0.231. The number of aromatic nitrogens is 2. The smallest absolute Gasteiger partial charge is 0.272 e. The molecule has 1 heterocycles. The second-order valence-electron chi connectivity index (χ2n) is 4.08. The molecule has 0 saturated carbocycles. The van der Waals surface area contributed by atoms with Gasteiger partial charge in [0, 0.05) is 19.2 Å². The van der Waals surface area contributed by atoms with Crippen LogP contribution in [0.2, 0.25) is 0 Å². The monoisotopic (exact) mass is 262 g/mol. The van der Waals surface area contributed by atoms with E-state index < -0.39 is 0 Å². The summed E-state index contributed by atoms with van der Waals surface area (Å²) in [6.07, 6.45) is 0. The SMILES string of the molecule is CCn1nc(C(=O)NCc2ccc(F)cc2)cc1N. The summed E-state index contributed by atoms with van der Waals surface area (Å²) in [7, 11) is 0. The Labute approximate surface area is 110 Å². The maximum atomic E-state index is 12.7. The molecule has 0 spiro atoms. The van der Waals surface area contributed by atoms with Gasteiger partial charge in [-0.25, -0.2) is 9.07 Å². The summed E-state index contributed by atoms with van der Waals surface area (Å²) < 4.78 is 14.3. The largest absolute Gasteiger partial charge is 0.384 e. The molecule has 2 aromatic rings. The zero-order valence-corrected chi connectivity index (χ0v) is 10.6. The number of benzene rings is 1. The molecule has 0 aliphatic rings. The van der Waals surface area contributed by atoms with Crippen molar-refractivity contribution in [2.45, 2.75) is 20.0 Å². The molecule has 0 radical (unpaired) electrons. The highest BCUT2D eigenvalue weighted by molar-refractivity contribution is 5.92. The van der Waals surface area contributed by atoms with Gasteiger partial charge in [-0.2, -0.15) is 5.10 Å². The van der Waals surface area contributed by atoms with E-state index in [4.69, 9.17) is 5.73 Å².